The number of carboxylic acid groups (broad SMARTS) is 1. The first kappa shape index (κ1) is 10.4. The Kier molecular flexibility index (Phi) is 3.52. The van der Waals surface area contributed by atoms with Crippen molar-refractivity contribution in [2.45, 2.75) is 39.2 Å². The minimum Gasteiger partial charge on any atom is -0.480 e. The number of nitrogens with two attached hydrogens (primary N) is 1. The van der Waals surface area contributed by atoms with E-state index in [4.69, 9.17) is 10.8 Å². The maximum absolute atomic E-state index is 10.7. The van der Waals surface area contributed by atoms with Crippen molar-refractivity contribution in [3.8, 4) is 0 Å². The molecule has 2 unspecified atom stereocenters. The Hall–Kier alpha value is -0.570. The fourth-order valence-corrected chi connectivity index (χ4v) is 1.07. The topological polar surface area (TPSA) is 63.3 Å². The normalized spacial score (nSPS) is 18.9. The highest BCUT2D eigenvalue weighted by Gasteiger charge is 2.36. The van der Waals surface area contributed by atoms with Crippen LogP contribution in [0.3, 0.4) is 0 Å². The van der Waals surface area contributed by atoms with Gasteiger partial charge in [0.1, 0.15) is 5.54 Å². The van der Waals surface area contributed by atoms with Gasteiger partial charge in [-0.25, -0.2) is 0 Å². The second-order valence-corrected chi connectivity index (χ2v) is 3.01. The zero-order valence-electron chi connectivity index (χ0n) is 7.42. The van der Waals surface area contributed by atoms with Crippen molar-refractivity contribution in [2.24, 2.45) is 11.7 Å². The molecule has 0 saturated heterocycles. The lowest BCUT2D eigenvalue weighted by Crippen LogP contribution is -2.52. The predicted octanol–water partition coefficient (Wildman–Crippen LogP) is 1.22. The molecule has 2 atom stereocenters. The smallest absolute Gasteiger partial charge is 0.323 e. The van der Waals surface area contributed by atoms with Gasteiger partial charge in [-0.05, 0) is 12.3 Å². The second-order valence-electron chi connectivity index (χ2n) is 3.01. The largest absolute Gasteiger partial charge is 0.480 e. The highest BCUT2D eigenvalue weighted by molar-refractivity contribution is 5.78. The average molecular weight is 159 g/mol. The summed E-state index contributed by atoms with van der Waals surface area (Å²) in [6, 6.07) is 0. The van der Waals surface area contributed by atoms with Crippen LogP contribution in [0.25, 0.3) is 0 Å². The van der Waals surface area contributed by atoms with E-state index in [0.29, 0.717) is 6.42 Å². The first-order chi connectivity index (χ1) is 4.99. The van der Waals surface area contributed by atoms with Gasteiger partial charge in [-0.15, -0.1) is 0 Å². The van der Waals surface area contributed by atoms with E-state index in [9.17, 15) is 4.79 Å². The van der Waals surface area contributed by atoms with E-state index in [1.807, 2.05) is 13.8 Å². The molecule has 0 aliphatic carbocycles. The highest BCUT2D eigenvalue weighted by Crippen LogP contribution is 2.21. The quantitative estimate of drug-likeness (QED) is 0.648. The molecular formula is C8H17NO2. The minimum atomic E-state index is -1.03. The molecule has 0 aromatic carbocycles. The molecule has 0 amide bonds. The third-order valence-corrected chi connectivity index (χ3v) is 2.47. The molecule has 0 rings (SSSR count). The fourth-order valence-electron chi connectivity index (χ4n) is 1.07. The molecule has 3 N–H and O–H groups in total. The molecule has 0 spiro atoms. The lowest BCUT2D eigenvalue weighted by atomic mass is 9.82. The fraction of sp³-hybridized carbons (Fsp3) is 0.875. The van der Waals surface area contributed by atoms with Gasteiger partial charge in [-0.3, -0.25) is 4.79 Å². The van der Waals surface area contributed by atoms with Crippen molar-refractivity contribution in [2.75, 3.05) is 0 Å². The van der Waals surface area contributed by atoms with Crippen LogP contribution in [0, 0.1) is 5.92 Å². The Labute approximate surface area is 67.6 Å². The molecule has 66 valence electrons. The summed E-state index contributed by atoms with van der Waals surface area (Å²) in [5.41, 5.74) is 4.66. The van der Waals surface area contributed by atoms with Crippen molar-refractivity contribution in [1.29, 1.82) is 0 Å². The molecule has 0 aliphatic rings. The van der Waals surface area contributed by atoms with Gasteiger partial charge < -0.3 is 10.8 Å². The van der Waals surface area contributed by atoms with Crippen LogP contribution < -0.4 is 5.73 Å². The van der Waals surface area contributed by atoms with Crippen molar-refractivity contribution < 1.29 is 9.90 Å². The summed E-state index contributed by atoms with van der Waals surface area (Å²) in [6.07, 6.45) is 1.29. The van der Waals surface area contributed by atoms with Crippen LogP contribution in [0.4, 0.5) is 0 Å². The van der Waals surface area contributed by atoms with Crippen LogP contribution in [0.15, 0.2) is 0 Å². The summed E-state index contributed by atoms with van der Waals surface area (Å²) in [5.74, 6) is -0.862. The van der Waals surface area contributed by atoms with Gasteiger partial charge >= 0.3 is 5.97 Å². The van der Waals surface area contributed by atoms with Gasteiger partial charge in [0, 0.05) is 0 Å². The number of carboxylic acids is 1. The van der Waals surface area contributed by atoms with Crippen molar-refractivity contribution in [3.63, 3.8) is 0 Å². The van der Waals surface area contributed by atoms with E-state index < -0.39 is 11.5 Å². The lowest BCUT2D eigenvalue weighted by Gasteiger charge is -2.29. The van der Waals surface area contributed by atoms with Crippen LogP contribution in [-0.4, -0.2) is 16.6 Å². The Morgan fingerprint density at radius 2 is 2.09 bits per heavy atom. The van der Waals surface area contributed by atoms with E-state index in [1.165, 1.54) is 0 Å². The Morgan fingerprint density at radius 1 is 1.64 bits per heavy atom. The molecule has 0 heterocycles. The Morgan fingerprint density at radius 3 is 2.18 bits per heavy atom. The molecule has 0 bridgehead atoms. The molecule has 0 fully saturated rings. The van der Waals surface area contributed by atoms with Gasteiger partial charge in [0.2, 0.25) is 0 Å². The average Bonchev–Trinajstić information content (AvgIpc) is 2.01. The summed E-state index contributed by atoms with van der Waals surface area (Å²) in [7, 11) is 0. The Bertz CT molecular complexity index is 147. The summed E-state index contributed by atoms with van der Waals surface area (Å²) < 4.78 is 0. The number of aliphatic carboxylic acids is 1. The van der Waals surface area contributed by atoms with E-state index in [0.717, 1.165) is 6.42 Å². The van der Waals surface area contributed by atoms with Crippen LogP contribution in [-0.2, 0) is 4.79 Å². The number of carbonyl (C=O) groups is 1. The minimum absolute atomic E-state index is 0.0324. The molecule has 11 heavy (non-hydrogen) atoms. The maximum atomic E-state index is 10.7. The zero-order valence-corrected chi connectivity index (χ0v) is 7.42. The van der Waals surface area contributed by atoms with E-state index in [1.54, 1.807) is 6.92 Å². The van der Waals surface area contributed by atoms with Crippen molar-refractivity contribution in [3.05, 3.63) is 0 Å². The van der Waals surface area contributed by atoms with Crippen molar-refractivity contribution >= 4 is 5.97 Å². The summed E-state index contributed by atoms with van der Waals surface area (Å²) >= 11 is 0. The highest BCUT2D eigenvalue weighted by atomic mass is 16.4. The lowest BCUT2D eigenvalue weighted by molar-refractivity contribution is -0.145. The van der Waals surface area contributed by atoms with Crippen LogP contribution in [0.2, 0.25) is 0 Å². The SMILES string of the molecule is CCC(C)C(N)(CC)C(=O)O. The Balaban J connectivity index is 4.45. The van der Waals surface area contributed by atoms with Gasteiger partial charge in [0.25, 0.3) is 0 Å². The van der Waals surface area contributed by atoms with Crippen molar-refractivity contribution in [1.82, 2.24) is 0 Å². The van der Waals surface area contributed by atoms with Gasteiger partial charge in [0.15, 0.2) is 0 Å². The summed E-state index contributed by atoms with van der Waals surface area (Å²) in [4.78, 5) is 10.7. The third-order valence-electron chi connectivity index (χ3n) is 2.47. The maximum Gasteiger partial charge on any atom is 0.323 e. The number of hydrogen-bond donors (Lipinski definition) is 2. The molecule has 0 aromatic rings. The first-order valence-corrected chi connectivity index (χ1v) is 4.01. The summed E-state index contributed by atoms with van der Waals surface area (Å²) in [6.45, 7) is 5.63. The molecule has 3 nitrogen and oxygen atoms in total. The van der Waals surface area contributed by atoms with E-state index in [-0.39, 0.29) is 5.92 Å². The van der Waals surface area contributed by atoms with Crippen LogP contribution >= 0.6 is 0 Å². The number of hydrogen-bond acceptors (Lipinski definition) is 2. The molecule has 0 saturated carbocycles. The van der Waals surface area contributed by atoms with Crippen LogP contribution in [0.5, 0.6) is 0 Å². The van der Waals surface area contributed by atoms with Gasteiger partial charge in [0.05, 0.1) is 0 Å². The second kappa shape index (κ2) is 3.72. The first-order valence-electron chi connectivity index (χ1n) is 4.01. The predicted molar refractivity (Wildman–Crippen MR) is 44.3 cm³/mol. The van der Waals surface area contributed by atoms with Gasteiger partial charge in [-0.2, -0.15) is 0 Å². The van der Waals surface area contributed by atoms with Gasteiger partial charge in [-0.1, -0.05) is 27.2 Å². The molecule has 0 aliphatic heterocycles. The summed E-state index contributed by atoms with van der Waals surface area (Å²) in [5, 5.41) is 8.81. The third kappa shape index (κ3) is 1.93. The molecular weight excluding hydrogens is 142 g/mol. The van der Waals surface area contributed by atoms with E-state index >= 15 is 0 Å². The molecule has 3 heteroatoms. The monoisotopic (exact) mass is 159 g/mol. The zero-order chi connectivity index (χ0) is 9.07. The number of rotatable bonds is 4. The molecule has 0 aromatic heterocycles. The molecule has 0 radical (unpaired) electrons. The van der Waals surface area contributed by atoms with E-state index in [2.05, 4.69) is 0 Å². The standard InChI is InChI=1S/C8H17NO2/c1-4-6(3)8(9,5-2)7(10)11/h6H,4-5,9H2,1-3H3,(H,10,11). The van der Waals surface area contributed by atoms with Crippen LogP contribution in [0.1, 0.15) is 33.6 Å².